The fourth-order valence-electron chi connectivity index (χ4n) is 3.10. The standard InChI is InChI=1S/C20H34O6/c1-2-3-6-9-15(21)12-13-18-16(17(22)14-20(25)26-18)10-7-4-5-8-11-19(23)24/h4,7,12-13,15-18,20-22,25H,2-3,5-6,8-11,14H2,1H3,(H,23,24)/b7-4+,13-12+/t15-,16-,17-,18+,20?/m0/s1. The minimum atomic E-state index is -1.01. The Hall–Kier alpha value is -1.21. The summed E-state index contributed by atoms with van der Waals surface area (Å²) in [5.41, 5.74) is 0. The second-order valence-corrected chi connectivity index (χ2v) is 6.96. The molecule has 0 radical (unpaired) electrons. The number of carbonyl (C=O) groups is 1. The van der Waals surface area contributed by atoms with Crippen LogP contribution in [0.15, 0.2) is 24.3 Å². The molecule has 1 saturated heterocycles. The lowest BCUT2D eigenvalue weighted by Crippen LogP contribution is -2.43. The van der Waals surface area contributed by atoms with Crippen molar-refractivity contribution in [1.82, 2.24) is 0 Å². The molecule has 6 heteroatoms. The number of carboxylic acid groups (broad SMARTS) is 1. The number of carboxylic acids is 1. The molecule has 0 amide bonds. The average molecular weight is 370 g/mol. The number of allylic oxidation sites excluding steroid dienone is 2. The van der Waals surface area contributed by atoms with Crippen molar-refractivity contribution in [3.8, 4) is 0 Å². The molecule has 150 valence electrons. The molecule has 0 aromatic rings. The van der Waals surface area contributed by atoms with Gasteiger partial charge in [-0.05, 0) is 25.7 Å². The van der Waals surface area contributed by atoms with Gasteiger partial charge >= 0.3 is 5.97 Å². The fourth-order valence-corrected chi connectivity index (χ4v) is 3.10. The fraction of sp³-hybridized carbons (Fsp3) is 0.750. The van der Waals surface area contributed by atoms with Crippen LogP contribution in [0.2, 0.25) is 0 Å². The first-order valence-corrected chi connectivity index (χ1v) is 9.68. The molecule has 0 saturated carbocycles. The number of unbranched alkanes of at least 4 members (excludes halogenated alkanes) is 3. The van der Waals surface area contributed by atoms with Crippen LogP contribution in [0.4, 0.5) is 0 Å². The molecule has 0 bridgehead atoms. The highest BCUT2D eigenvalue weighted by molar-refractivity contribution is 5.66. The summed E-state index contributed by atoms with van der Waals surface area (Å²) in [6, 6.07) is 0. The number of aliphatic carboxylic acids is 1. The Morgan fingerprint density at radius 2 is 2.00 bits per heavy atom. The van der Waals surface area contributed by atoms with Crippen molar-refractivity contribution >= 4 is 5.97 Å². The Balaban J connectivity index is 2.52. The lowest BCUT2D eigenvalue weighted by Gasteiger charge is -2.36. The average Bonchev–Trinajstić information content (AvgIpc) is 2.57. The Bertz CT molecular complexity index is 448. The van der Waals surface area contributed by atoms with Crippen LogP contribution < -0.4 is 0 Å². The smallest absolute Gasteiger partial charge is 0.303 e. The van der Waals surface area contributed by atoms with Crippen molar-refractivity contribution in [2.24, 2.45) is 5.92 Å². The van der Waals surface area contributed by atoms with E-state index < -0.39 is 30.6 Å². The molecule has 5 atom stereocenters. The molecule has 0 spiro atoms. The third kappa shape index (κ3) is 9.48. The Kier molecular flexibility index (Phi) is 11.4. The van der Waals surface area contributed by atoms with Crippen LogP contribution in [-0.2, 0) is 9.53 Å². The van der Waals surface area contributed by atoms with Crippen LogP contribution in [-0.4, -0.2) is 51.0 Å². The largest absolute Gasteiger partial charge is 0.481 e. The Labute approximate surface area is 156 Å². The molecule has 26 heavy (non-hydrogen) atoms. The third-order valence-electron chi connectivity index (χ3n) is 4.64. The second-order valence-electron chi connectivity index (χ2n) is 6.96. The summed E-state index contributed by atoms with van der Waals surface area (Å²) < 4.78 is 5.54. The van der Waals surface area contributed by atoms with E-state index in [2.05, 4.69) is 6.92 Å². The molecule has 4 N–H and O–H groups in total. The van der Waals surface area contributed by atoms with E-state index in [1.807, 2.05) is 12.2 Å². The third-order valence-corrected chi connectivity index (χ3v) is 4.64. The van der Waals surface area contributed by atoms with E-state index in [9.17, 15) is 20.1 Å². The molecule has 1 rings (SSSR count). The zero-order valence-corrected chi connectivity index (χ0v) is 15.7. The number of ether oxygens (including phenoxy) is 1. The minimum Gasteiger partial charge on any atom is -0.481 e. The van der Waals surface area contributed by atoms with Gasteiger partial charge in [-0.2, -0.15) is 0 Å². The van der Waals surface area contributed by atoms with Crippen LogP contribution in [0.25, 0.3) is 0 Å². The Morgan fingerprint density at radius 3 is 2.69 bits per heavy atom. The van der Waals surface area contributed by atoms with E-state index in [1.165, 1.54) is 0 Å². The first-order valence-electron chi connectivity index (χ1n) is 9.68. The van der Waals surface area contributed by atoms with Crippen molar-refractivity contribution in [3.63, 3.8) is 0 Å². The van der Waals surface area contributed by atoms with Gasteiger partial charge in [0, 0.05) is 18.8 Å². The van der Waals surface area contributed by atoms with Crippen LogP contribution >= 0.6 is 0 Å². The highest BCUT2D eigenvalue weighted by Crippen LogP contribution is 2.29. The van der Waals surface area contributed by atoms with Crippen LogP contribution in [0.5, 0.6) is 0 Å². The van der Waals surface area contributed by atoms with Crippen LogP contribution in [0.1, 0.15) is 64.7 Å². The molecule has 0 aliphatic carbocycles. The minimum absolute atomic E-state index is 0.146. The number of aliphatic hydroxyl groups is 3. The zero-order chi connectivity index (χ0) is 19.4. The molecule has 1 unspecified atom stereocenters. The van der Waals surface area contributed by atoms with Crippen molar-refractivity contribution < 1.29 is 30.0 Å². The molecule has 0 aromatic carbocycles. The zero-order valence-electron chi connectivity index (χ0n) is 15.7. The van der Waals surface area contributed by atoms with Gasteiger partial charge in [0.1, 0.15) is 0 Å². The van der Waals surface area contributed by atoms with Gasteiger partial charge in [-0.1, -0.05) is 50.5 Å². The van der Waals surface area contributed by atoms with E-state index in [4.69, 9.17) is 9.84 Å². The van der Waals surface area contributed by atoms with Gasteiger partial charge in [0.25, 0.3) is 0 Å². The molecular formula is C20H34O6. The normalized spacial score (nSPS) is 28.0. The van der Waals surface area contributed by atoms with E-state index in [-0.39, 0.29) is 18.8 Å². The monoisotopic (exact) mass is 370 g/mol. The van der Waals surface area contributed by atoms with E-state index >= 15 is 0 Å². The molecule has 0 aromatic heterocycles. The van der Waals surface area contributed by atoms with Gasteiger partial charge in [-0.15, -0.1) is 0 Å². The maximum atomic E-state index is 10.5. The lowest BCUT2D eigenvalue weighted by atomic mass is 9.87. The molecule has 6 nitrogen and oxygen atoms in total. The maximum Gasteiger partial charge on any atom is 0.303 e. The Morgan fingerprint density at radius 1 is 1.23 bits per heavy atom. The summed E-state index contributed by atoms with van der Waals surface area (Å²) in [6.45, 7) is 2.11. The summed E-state index contributed by atoms with van der Waals surface area (Å²) in [6.07, 6.45) is 10.5. The summed E-state index contributed by atoms with van der Waals surface area (Å²) >= 11 is 0. The van der Waals surface area contributed by atoms with Gasteiger partial charge in [0.2, 0.25) is 0 Å². The molecule has 1 fully saturated rings. The van der Waals surface area contributed by atoms with Crippen LogP contribution in [0.3, 0.4) is 0 Å². The van der Waals surface area contributed by atoms with Gasteiger partial charge in [0.05, 0.1) is 18.3 Å². The highest BCUT2D eigenvalue weighted by Gasteiger charge is 2.35. The summed E-state index contributed by atoms with van der Waals surface area (Å²) in [4.78, 5) is 10.5. The van der Waals surface area contributed by atoms with Crippen LogP contribution in [0, 0.1) is 5.92 Å². The van der Waals surface area contributed by atoms with E-state index in [1.54, 1.807) is 12.2 Å². The van der Waals surface area contributed by atoms with Gasteiger partial charge in [-0.3, -0.25) is 4.79 Å². The van der Waals surface area contributed by atoms with Crippen molar-refractivity contribution in [2.75, 3.05) is 0 Å². The van der Waals surface area contributed by atoms with Gasteiger partial charge in [0.15, 0.2) is 6.29 Å². The second kappa shape index (κ2) is 13.0. The van der Waals surface area contributed by atoms with E-state index in [0.29, 0.717) is 25.7 Å². The molecule has 1 aliphatic heterocycles. The van der Waals surface area contributed by atoms with E-state index in [0.717, 1.165) is 19.3 Å². The van der Waals surface area contributed by atoms with Gasteiger partial charge < -0.3 is 25.2 Å². The van der Waals surface area contributed by atoms with Crippen molar-refractivity contribution in [1.29, 1.82) is 0 Å². The first-order chi connectivity index (χ1) is 12.4. The molecular weight excluding hydrogens is 336 g/mol. The number of hydrogen-bond acceptors (Lipinski definition) is 5. The first kappa shape index (κ1) is 22.8. The highest BCUT2D eigenvalue weighted by atomic mass is 16.6. The topological polar surface area (TPSA) is 107 Å². The van der Waals surface area contributed by atoms with Gasteiger partial charge in [-0.25, -0.2) is 0 Å². The number of aliphatic hydroxyl groups excluding tert-OH is 3. The summed E-state index contributed by atoms with van der Waals surface area (Å²) in [7, 11) is 0. The number of hydrogen-bond donors (Lipinski definition) is 4. The predicted molar refractivity (Wildman–Crippen MR) is 99.5 cm³/mol. The summed E-state index contributed by atoms with van der Waals surface area (Å²) in [5.74, 6) is -1.00. The van der Waals surface area contributed by atoms with Crippen molar-refractivity contribution in [2.45, 2.75) is 89.3 Å². The predicted octanol–water partition coefficient (Wildman–Crippen LogP) is 2.77. The molecule has 1 aliphatic rings. The maximum absolute atomic E-state index is 10.5. The summed E-state index contributed by atoms with van der Waals surface area (Å²) in [5, 5.41) is 38.7. The quantitative estimate of drug-likeness (QED) is 0.311. The number of rotatable bonds is 12. The molecule has 1 heterocycles. The SMILES string of the molecule is CCCCC[C@H](O)/C=C/[C@H]1OC(O)C[C@H](O)[C@@H]1C/C=C/CCCC(=O)O. The van der Waals surface area contributed by atoms with Crippen molar-refractivity contribution in [3.05, 3.63) is 24.3 Å². The lowest BCUT2D eigenvalue weighted by molar-refractivity contribution is -0.199.